The first kappa shape index (κ1) is 16.7. The molecular weight excluding hydrogens is 300 g/mol. The van der Waals surface area contributed by atoms with E-state index >= 15 is 0 Å². The Labute approximate surface area is 132 Å². The lowest BCUT2D eigenvalue weighted by Crippen LogP contribution is -2.38. The van der Waals surface area contributed by atoms with Crippen molar-refractivity contribution in [3.63, 3.8) is 0 Å². The summed E-state index contributed by atoms with van der Waals surface area (Å²) in [5.41, 5.74) is 0.413. The molecule has 22 heavy (non-hydrogen) atoms. The molecule has 0 aliphatic carbocycles. The third kappa shape index (κ3) is 3.96. The van der Waals surface area contributed by atoms with Gasteiger partial charge < -0.3 is 4.90 Å². The normalized spacial score (nSPS) is 16.5. The molecule has 5 nitrogen and oxygen atoms in total. The molecule has 0 bridgehead atoms. The molecule has 1 N–H and O–H groups in total. The zero-order chi connectivity index (χ0) is 16.2. The number of carbonyl (C=O) groups excluding carboxylic acids is 1. The number of likely N-dealkylation sites (tertiary alicyclic amines) is 1. The molecule has 1 aromatic rings. The topological polar surface area (TPSA) is 66.5 Å². The van der Waals surface area contributed by atoms with Gasteiger partial charge in [-0.3, -0.25) is 4.79 Å². The van der Waals surface area contributed by atoms with Gasteiger partial charge >= 0.3 is 0 Å². The summed E-state index contributed by atoms with van der Waals surface area (Å²) in [5, 5.41) is 0. The zero-order valence-corrected chi connectivity index (χ0v) is 13.6. The average Bonchev–Trinajstić information content (AvgIpc) is 2.53. The number of nitrogens with one attached hydrogen (secondary N) is 1. The van der Waals surface area contributed by atoms with E-state index in [1.54, 1.807) is 17.0 Å². The monoisotopic (exact) mass is 322 g/mol. The number of hydrogen-bond acceptors (Lipinski definition) is 3. The largest absolute Gasteiger partial charge is 0.339 e. The molecule has 1 aliphatic rings. The molecule has 0 aromatic heterocycles. The Hall–Kier alpha value is -1.66. The molecule has 1 heterocycles. The number of rotatable bonds is 5. The van der Waals surface area contributed by atoms with Crippen molar-refractivity contribution < 1.29 is 13.2 Å². The van der Waals surface area contributed by atoms with Crippen molar-refractivity contribution >= 4 is 15.9 Å². The van der Waals surface area contributed by atoms with Gasteiger partial charge in [-0.2, -0.15) is 0 Å². The van der Waals surface area contributed by atoms with E-state index in [4.69, 9.17) is 0 Å². The summed E-state index contributed by atoms with van der Waals surface area (Å²) >= 11 is 0. The standard InChI is InChI=1S/C16H22N2O3S/c1-3-9-17-22(20,21)15-6-4-5-14(12-15)16(19)18-10-7-13(2)8-11-18/h3-6,12-13,17H,1,7-11H2,2H3. The van der Waals surface area contributed by atoms with Crippen LogP contribution >= 0.6 is 0 Å². The first-order chi connectivity index (χ1) is 10.4. The molecule has 0 saturated carbocycles. The average molecular weight is 322 g/mol. The molecule has 1 amide bonds. The Morgan fingerprint density at radius 1 is 1.41 bits per heavy atom. The summed E-state index contributed by atoms with van der Waals surface area (Å²) in [5.74, 6) is 0.534. The minimum absolute atomic E-state index is 0.102. The van der Waals surface area contributed by atoms with Crippen LogP contribution < -0.4 is 4.72 Å². The fourth-order valence-corrected chi connectivity index (χ4v) is 3.49. The van der Waals surface area contributed by atoms with E-state index in [2.05, 4.69) is 18.2 Å². The SMILES string of the molecule is C=CCNS(=O)(=O)c1cccc(C(=O)N2CCC(C)CC2)c1. The Kier molecular flexibility index (Phi) is 5.37. The third-order valence-electron chi connectivity index (χ3n) is 3.88. The summed E-state index contributed by atoms with van der Waals surface area (Å²) in [4.78, 5) is 14.4. The van der Waals surface area contributed by atoms with Gasteiger partial charge in [-0.25, -0.2) is 13.1 Å². The van der Waals surface area contributed by atoms with Crippen LogP contribution in [0.4, 0.5) is 0 Å². The zero-order valence-electron chi connectivity index (χ0n) is 12.8. The maximum atomic E-state index is 12.5. The van der Waals surface area contributed by atoms with Gasteiger partial charge in [0.2, 0.25) is 10.0 Å². The second-order valence-electron chi connectivity index (χ2n) is 5.64. The number of piperidine rings is 1. The van der Waals surface area contributed by atoms with Crippen molar-refractivity contribution in [1.29, 1.82) is 0 Å². The van der Waals surface area contributed by atoms with Crippen molar-refractivity contribution in [2.45, 2.75) is 24.7 Å². The maximum absolute atomic E-state index is 12.5. The highest BCUT2D eigenvalue weighted by Crippen LogP contribution is 2.19. The molecule has 0 spiro atoms. The summed E-state index contributed by atoms with van der Waals surface area (Å²) in [6.45, 7) is 7.28. The molecule has 1 aliphatic heterocycles. The van der Waals surface area contributed by atoms with E-state index < -0.39 is 10.0 Å². The van der Waals surface area contributed by atoms with Gasteiger partial charge in [-0.05, 0) is 37.0 Å². The van der Waals surface area contributed by atoms with Crippen LogP contribution in [-0.4, -0.2) is 38.9 Å². The van der Waals surface area contributed by atoms with E-state index in [0.29, 0.717) is 11.5 Å². The molecule has 1 aromatic carbocycles. The molecule has 6 heteroatoms. The lowest BCUT2D eigenvalue weighted by molar-refractivity contribution is 0.0697. The predicted molar refractivity (Wildman–Crippen MR) is 86.1 cm³/mol. The van der Waals surface area contributed by atoms with Crippen LogP contribution in [0.15, 0.2) is 41.8 Å². The van der Waals surface area contributed by atoms with Crippen molar-refractivity contribution in [3.05, 3.63) is 42.5 Å². The van der Waals surface area contributed by atoms with Gasteiger partial charge in [-0.15, -0.1) is 6.58 Å². The van der Waals surface area contributed by atoms with Crippen molar-refractivity contribution in [2.24, 2.45) is 5.92 Å². The second-order valence-corrected chi connectivity index (χ2v) is 7.41. The summed E-state index contributed by atoms with van der Waals surface area (Å²) in [7, 11) is -3.61. The molecule has 0 atom stereocenters. The van der Waals surface area contributed by atoms with Crippen molar-refractivity contribution in [2.75, 3.05) is 19.6 Å². The van der Waals surface area contributed by atoms with Crippen LogP contribution in [0.25, 0.3) is 0 Å². The number of benzene rings is 1. The van der Waals surface area contributed by atoms with Crippen LogP contribution in [0.3, 0.4) is 0 Å². The fraction of sp³-hybridized carbons (Fsp3) is 0.438. The summed E-state index contributed by atoms with van der Waals surface area (Å²) < 4.78 is 26.6. The van der Waals surface area contributed by atoms with Crippen LogP contribution in [-0.2, 0) is 10.0 Å². The molecule has 1 fully saturated rings. The minimum atomic E-state index is -3.61. The van der Waals surface area contributed by atoms with Crippen LogP contribution in [0, 0.1) is 5.92 Å². The van der Waals surface area contributed by atoms with Crippen molar-refractivity contribution in [1.82, 2.24) is 9.62 Å². The van der Waals surface area contributed by atoms with Gasteiger partial charge in [0.15, 0.2) is 0 Å². The van der Waals surface area contributed by atoms with Crippen LogP contribution in [0.1, 0.15) is 30.1 Å². The number of sulfonamides is 1. The second kappa shape index (κ2) is 7.07. The highest BCUT2D eigenvalue weighted by molar-refractivity contribution is 7.89. The number of amides is 1. The van der Waals surface area contributed by atoms with Gasteiger partial charge in [0.25, 0.3) is 5.91 Å². The highest BCUT2D eigenvalue weighted by Gasteiger charge is 2.22. The molecule has 0 radical (unpaired) electrons. The molecule has 120 valence electrons. The van der Waals surface area contributed by atoms with E-state index in [9.17, 15) is 13.2 Å². The van der Waals surface area contributed by atoms with E-state index in [0.717, 1.165) is 25.9 Å². The Balaban J connectivity index is 2.17. The number of carbonyl (C=O) groups is 1. The van der Waals surface area contributed by atoms with Crippen molar-refractivity contribution in [3.8, 4) is 0 Å². The van der Waals surface area contributed by atoms with Gasteiger partial charge in [0.1, 0.15) is 0 Å². The van der Waals surface area contributed by atoms with E-state index in [-0.39, 0.29) is 17.3 Å². The van der Waals surface area contributed by atoms with E-state index in [1.165, 1.54) is 18.2 Å². The third-order valence-corrected chi connectivity index (χ3v) is 5.30. The Bertz CT molecular complexity index is 647. The summed E-state index contributed by atoms with van der Waals surface area (Å²) in [6.07, 6.45) is 3.46. The Morgan fingerprint density at radius 3 is 2.73 bits per heavy atom. The van der Waals surface area contributed by atoms with Gasteiger partial charge in [0.05, 0.1) is 4.90 Å². The van der Waals surface area contributed by atoms with Crippen LogP contribution in [0.5, 0.6) is 0 Å². The lowest BCUT2D eigenvalue weighted by atomic mass is 9.98. The van der Waals surface area contributed by atoms with Gasteiger partial charge in [-0.1, -0.05) is 19.1 Å². The fourth-order valence-electron chi connectivity index (χ4n) is 2.44. The number of hydrogen-bond donors (Lipinski definition) is 1. The van der Waals surface area contributed by atoms with E-state index in [1.807, 2.05) is 0 Å². The molecule has 2 rings (SSSR count). The Morgan fingerprint density at radius 2 is 2.09 bits per heavy atom. The first-order valence-electron chi connectivity index (χ1n) is 7.44. The maximum Gasteiger partial charge on any atom is 0.253 e. The molecular formula is C16H22N2O3S. The lowest BCUT2D eigenvalue weighted by Gasteiger charge is -2.30. The number of nitrogens with zero attached hydrogens (tertiary/aromatic N) is 1. The predicted octanol–water partition coefficient (Wildman–Crippen LogP) is 2.02. The smallest absolute Gasteiger partial charge is 0.253 e. The highest BCUT2D eigenvalue weighted by atomic mass is 32.2. The van der Waals surface area contributed by atoms with Gasteiger partial charge in [0, 0.05) is 25.2 Å². The minimum Gasteiger partial charge on any atom is -0.339 e. The quantitative estimate of drug-likeness (QED) is 0.844. The summed E-state index contributed by atoms with van der Waals surface area (Å²) in [6, 6.07) is 6.18. The first-order valence-corrected chi connectivity index (χ1v) is 8.92. The molecule has 1 saturated heterocycles. The van der Waals surface area contributed by atoms with Crippen LogP contribution in [0.2, 0.25) is 0 Å². The molecule has 0 unspecified atom stereocenters.